The van der Waals surface area contributed by atoms with Gasteiger partial charge in [-0.15, -0.1) is 0 Å². The summed E-state index contributed by atoms with van der Waals surface area (Å²) in [6, 6.07) is 11.7. The molecular weight excluding hydrogens is 240 g/mol. The quantitative estimate of drug-likeness (QED) is 0.842. The molecule has 96 valence electrons. The summed E-state index contributed by atoms with van der Waals surface area (Å²) >= 11 is 0. The van der Waals surface area contributed by atoms with Gasteiger partial charge in [0.2, 0.25) is 0 Å². The van der Waals surface area contributed by atoms with E-state index in [-0.39, 0.29) is 11.9 Å². The van der Waals surface area contributed by atoms with E-state index in [4.69, 9.17) is 9.68 Å². The molecule has 0 unspecified atom stereocenters. The van der Waals surface area contributed by atoms with E-state index in [1.165, 1.54) is 0 Å². The standard InChI is InChI=1S/C15H14N2O2/c16-8-3-9-17(12-6-7-12)15(18)14-10-11-4-1-2-5-13(11)19-14/h1-2,4-5,10,12H,3,6-7,9H2. The van der Waals surface area contributed by atoms with Crippen molar-refractivity contribution in [3.63, 3.8) is 0 Å². The van der Waals surface area contributed by atoms with Gasteiger partial charge in [-0.3, -0.25) is 4.79 Å². The Morgan fingerprint density at radius 2 is 2.21 bits per heavy atom. The van der Waals surface area contributed by atoms with E-state index in [1.54, 1.807) is 11.0 Å². The van der Waals surface area contributed by atoms with Crippen LogP contribution in [-0.4, -0.2) is 23.4 Å². The van der Waals surface area contributed by atoms with Gasteiger partial charge in [0.05, 0.1) is 12.5 Å². The fourth-order valence-corrected chi connectivity index (χ4v) is 2.24. The molecule has 1 saturated carbocycles. The van der Waals surface area contributed by atoms with Crippen molar-refractivity contribution in [2.75, 3.05) is 6.54 Å². The van der Waals surface area contributed by atoms with Crippen LogP contribution in [0.5, 0.6) is 0 Å². The van der Waals surface area contributed by atoms with Crippen molar-refractivity contribution in [1.82, 2.24) is 4.90 Å². The van der Waals surface area contributed by atoms with Gasteiger partial charge >= 0.3 is 0 Å². The van der Waals surface area contributed by atoms with Crippen molar-refractivity contribution in [2.24, 2.45) is 0 Å². The van der Waals surface area contributed by atoms with Crippen molar-refractivity contribution in [3.8, 4) is 6.07 Å². The first kappa shape index (κ1) is 11.8. The maximum Gasteiger partial charge on any atom is 0.289 e. The smallest absolute Gasteiger partial charge is 0.289 e. The second kappa shape index (κ2) is 4.77. The molecule has 0 atom stereocenters. The Morgan fingerprint density at radius 1 is 1.42 bits per heavy atom. The summed E-state index contributed by atoms with van der Waals surface area (Å²) in [6.45, 7) is 0.483. The van der Waals surface area contributed by atoms with Gasteiger partial charge in [0, 0.05) is 18.0 Å². The first-order valence-corrected chi connectivity index (χ1v) is 6.46. The average Bonchev–Trinajstić information content (AvgIpc) is 3.17. The zero-order valence-corrected chi connectivity index (χ0v) is 10.5. The van der Waals surface area contributed by atoms with E-state index in [0.29, 0.717) is 18.7 Å². The Balaban J connectivity index is 1.86. The summed E-state index contributed by atoms with van der Waals surface area (Å²) in [7, 11) is 0. The van der Waals surface area contributed by atoms with Crippen LogP contribution in [0.25, 0.3) is 11.0 Å². The number of amides is 1. The zero-order valence-electron chi connectivity index (χ0n) is 10.5. The molecule has 0 N–H and O–H groups in total. The second-order valence-corrected chi connectivity index (χ2v) is 4.79. The molecule has 1 aliphatic carbocycles. The normalized spacial score (nSPS) is 14.3. The maximum absolute atomic E-state index is 12.4. The molecule has 1 aliphatic rings. The molecule has 0 bridgehead atoms. The van der Waals surface area contributed by atoms with Crippen molar-refractivity contribution in [2.45, 2.75) is 25.3 Å². The third kappa shape index (κ3) is 2.32. The summed E-state index contributed by atoms with van der Waals surface area (Å²) in [4.78, 5) is 14.2. The van der Waals surface area contributed by atoms with E-state index in [2.05, 4.69) is 6.07 Å². The number of hydrogen-bond donors (Lipinski definition) is 0. The average molecular weight is 254 g/mol. The fourth-order valence-electron chi connectivity index (χ4n) is 2.24. The molecule has 3 rings (SSSR count). The largest absolute Gasteiger partial charge is 0.451 e. The Labute approximate surface area is 111 Å². The lowest BCUT2D eigenvalue weighted by atomic mass is 10.2. The third-order valence-corrected chi connectivity index (χ3v) is 3.35. The van der Waals surface area contributed by atoms with E-state index >= 15 is 0 Å². The van der Waals surface area contributed by atoms with Crippen LogP contribution in [0.1, 0.15) is 29.8 Å². The van der Waals surface area contributed by atoms with Gasteiger partial charge in [-0.1, -0.05) is 18.2 Å². The highest BCUT2D eigenvalue weighted by Crippen LogP contribution is 2.29. The highest BCUT2D eigenvalue weighted by molar-refractivity contribution is 5.96. The van der Waals surface area contributed by atoms with Crippen LogP contribution in [0.2, 0.25) is 0 Å². The minimum Gasteiger partial charge on any atom is -0.451 e. The minimum atomic E-state index is -0.103. The highest BCUT2D eigenvalue weighted by Gasteiger charge is 2.33. The first-order chi connectivity index (χ1) is 9.29. The van der Waals surface area contributed by atoms with Gasteiger partial charge in [-0.05, 0) is 25.0 Å². The Kier molecular flexibility index (Phi) is 2.96. The van der Waals surface area contributed by atoms with Gasteiger partial charge in [0.25, 0.3) is 5.91 Å². The number of nitrogens with zero attached hydrogens (tertiary/aromatic N) is 2. The van der Waals surface area contributed by atoms with Crippen LogP contribution in [0.15, 0.2) is 34.7 Å². The number of carbonyl (C=O) groups excluding carboxylic acids is 1. The SMILES string of the molecule is N#CCCN(C(=O)c1cc2ccccc2o1)C1CC1. The predicted molar refractivity (Wildman–Crippen MR) is 70.5 cm³/mol. The number of fused-ring (bicyclic) bond motifs is 1. The van der Waals surface area contributed by atoms with Crippen molar-refractivity contribution in [1.29, 1.82) is 5.26 Å². The molecule has 1 heterocycles. The predicted octanol–water partition coefficient (Wildman–Crippen LogP) is 2.95. The van der Waals surface area contributed by atoms with Crippen molar-refractivity contribution < 1.29 is 9.21 Å². The number of nitriles is 1. The maximum atomic E-state index is 12.4. The second-order valence-electron chi connectivity index (χ2n) is 4.79. The van der Waals surface area contributed by atoms with Crippen LogP contribution in [0, 0.1) is 11.3 Å². The summed E-state index contributed by atoms with van der Waals surface area (Å²) in [5, 5.41) is 9.60. The number of rotatable bonds is 4. The number of furan rings is 1. The van der Waals surface area contributed by atoms with Crippen LogP contribution in [0.4, 0.5) is 0 Å². The van der Waals surface area contributed by atoms with E-state index in [9.17, 15) is 4.79 Å². The van der Waals surface area contributed by atoms with Crippen molar-refractivity contribution >= 4 is 16.9 Å². The van der Waals surface area contributed by atoms with Crippen LogP contribution >= 0.6 is 0 Å². The summed E-state index contributed by atoms with van der Waals surface area (Å²) in [6.07, 6.45) is 2.41. The molecule has 0 spiro atoms. The minimum absolute atomic E-state index is 0.103. The number of benzene rings is 1. The van der Waals surface area contributed by atoms with Gasteiger partial charge < -0.3 is 9.32 Å². The molecule has 0 radical (unpaired) electrons. The van der Waals surface area contributed by atoms with Gasteiger partial charge in [0.15, 0.2) is 5.76 Å². The van der Waals surface area contributed by atoms with Gasteiger partial charge in [-0.25, -0.2) is 0 Å². The van der Waals surface area contributed by atoms with Crippen molar-refractivity contribution in [3.05, 3.63) is 36.1 Å². The Bertz CT molecular complexity index is 616. The lowest BCUT2D eigenvalue weighted by Gasteiger charge is -2.19. The molecule has 4 nitrogen and oxygen atoms in total. The number of para-hydroxylation sites is 1. The molecule has 0 aliphatic heterocycles. The first-order valence-electron chi connectivity index (χ1n) is 6.46. The topological polar surface area (TPSA) is 57.2 Å². The van der Waals surface area contributed by atoms with E-state index < -0.39 is 0 Å². The van der Waals surface area contributed by atoms with Crippen LogP contribution < -0.4 is 0 Å². The third-order valence-electron chi connectivity index (χ3n) is 3.35. The molecule has 1 amide bonds. The molecular formula is C15H14N2O2. The summed E-state index contributed by atoms with van der Waals surface area (Å²) in [5.74, 6) is 0.264. The molecule has 4 heteroatoms. The summed E-state index contributed by atoms with van der Waals surface area (Å²) < 4.78 is 5.59. The molecule has 2 aromatic rings. The summed E-state index contributed by atoms with van der Waals surface area (Å²) in [5.41, 5.74) is 0.724. The molecule has 1 aromatic heterocycles. The molecule has 0 saturated heterocycles. The highest BCUT2D eigenvalue weighted by atomic mass is 16.3. The van der Waals surface area contributed by atoms with Gasteiger partial charge in [0.1, 0.15) is 5.58 Å². The molecule has 1 fully saturated rings. The lowest BCUT2D eigenvalue weighted by molar-refractivity contribution is 0.0717. The van der Waals surface area contributed by atoms with Crippen LogP contribution in [-0.2, 0) is 0 Å². The monoisotopic (exact) mass is 254 g/mol. The Morgan fingerprint density at radius 3 is 2.89 bits per heavy atom. The number of carbonyl (C=O) groups is 1. The van der Waals surface area contributed by atoms with Gasteiger partial charge in [-0.2, -0.15) is 5.26 Å². The number of hydrogen-bond acceptors (Lipinski definition) is 3. The molecule has 19 heavy (non-hydrogen) atoms. The lowest BCUT2D eigenvalue weighted by Crippen LogP contribution is -2.33. The Hall–Kier alpha value is -2.28. The van der Waals surface area contributed by atoms with E-state index in [1.807, 2.05) is 24.3 Å². The van der Waals surface area contributed by atoms with E-state index in [0.717, 1.165) is 23.8 Å². The zero-order chi connectivity index (χ0) is 13.2. The van der Waals surface area contributed by atoms with Crippen LogP contribution in [0.3, 0.4) is 0 Å². The molecule has 1 aromatic carbocycles. The fraction of sp³-hybridized carbons (Fsp3) is 0.333.